The predicted molar refractivity (Wildman–Crippen MR) is 85.3 cm³/mol. The van der Waals surface area contributed by atoms with Gasteiger partial charge >= 0.3 is 0 Å². The number of piperidine rings is 1. The van der Waals surface area contributed by atoms with Gasteiger partial charge in [-0.05, 0) is 63.4 Å². The maximum Gasteiger partial charge on any atom is 0.223 e. The molecule has 2 rings (SSSR count). The van der Waals surface area contributed by atoms with Crippen LogP contribution in [0.1, 0.15) is 35.1 Å². The highest BCUT2D eigenvalue weighted by molar-refractivity contribution is 5.85. The van der Waals surface area contributed by atoms with Gasteiger partial charge in [-0.3, -0.25) is 4.79 Å². The lowest BCUT2D eigenvalue weighted by molar-refractivity contribution is -0.125. The van der Waals surface area contributed by atoms with Gasteiger partial charge in [0, 0.05) is 12.5 Å². The number of hydrogen-bond donors (Lipinski definition) is 2. The van der Waals surface area contributed by atoms with E-state index in [1.165, 1.54) is 22.3 Å². The fourth-order valence-corrected chi connectivity index (χ4v) is 2.89. The van der Waals surface area contributed by atoms with Crippen LogP contribution in [0.5, 0.6) is 0 Å². The van der Waals surface area contributed by atoms with Gasteiger partial charge in [0.1, 0.15) is 0 Å². The normalized spacial score (nSPS) is 15.6. The summed E-state index contributed by atoms with van der Waals surface area (Å²) in [6.45, 7) is 8.91. The van der Waals surface area contributed by atoms with Crippen molar-refractivity contribution in [1.29, 1.82) is 0 Å². The first-order chi connectivity index (χ1) is 9.08. The molecule has 1 amide bonds. The van der Waals surface area contributed by atoms with Crippen LogP contribution in [0.4, 0.5) is 0 Å². The summed E-state index contributed by atoms with van der Waals surface area (Å²) in [4.78, 5) is 12.1. The summed E-state index contributed by atoms with van der Waals surface area (Å²) in [5.74, 6) is 0.396. The zero-order valence-electron chi connectivity index (χ0n) is 12.6. The lowest BCUT2D eigenvalue weighted by Crippen LogP contribution is -2.38. The molecule has 1 aliphatic heterocycles. The smallest absolute Gasteiger partial charge is 0.223 e. The van der Waals surface area contributed by atoms with Crippen molar-refractivity contribution in [3.63, 3.8) is 0 Å². The largest absolute Gasteiger partial charge is 0.352 e. The minimum Gasteiger partial charge on any atom is -0.352 e. The van der Waals surface area contributed by atoms with Crippen molar-refractivity contribution >= 4 is 18.3 Å². The molecule has 1 aliphatic rings. The fraction of sp³-hybridized carbons (Fsp3) is 0.562. The standard InChI is InChI=1S/C16H24N2O.ClH/c1-11-8-12(2)15(13(3)9-11)10-18-16(19)14-4-6-17-7-5-14;/h8-9,14,17H,4-7,10H2,1-3H3,(H,18,19);1H. The number of aryl methyl sites for hydroxylation is 3. The van der Waals surface area contributed by atoms with Crippen molar-refractivity contribution < 1.29 is 4.79 Å². The average Bonchev–Trinajstić information content (AvgIpc) is 2.38. The molecule has 20 heavy (non-hydrogen) atoms. The van der Waals surface area contributed by atoms with E-state index < -0.39 is 0 Å². The van der Waals surface area contributed by atoms with Gasteiger partial charge in [-0.15, -0.1) is 12.4 Å². The number of amides is 1. The number of carbonyl (C=O) groups excluding carboxylic acids is 1. The quantitative estimate of drug-likeness (QED) is 0.900. The number of halogens is 1. The van der Waals surface area contributed by atoms with E-state index in [0.717, 1.165) is 25.9 Å². The molecule has 0 aliphatic carbocycles. The molecule has 0 spiro atoms. The molecule has 1 saturated heterocycles. The molecule has 0 radical (unpaired) electrons. The molecule has 3 nitrogen and oxygen atoms in total. The minimum atomic E-state index is 0. The molecule has 0 saturated carbocycles. The van der Waals surface area contributed by atoms with Crippen LogP contribution in [0.3, 0.4) is 0 Å². The molecular formula is C16H25ClN2O. The molecule has 1 heterocycles. The highest BCUT2D eigenvalue weighted by Gasteiger charge is 2.20. The van der Waals surface area contributed by atoms with Crippen LogP contribution in [0.15, 0.2) is 12.1 Å². The van der Waals surface area contributed by atoms with Crippen LogP contribution in [-0.2, 0) is 11.3 Å². The Balaban J connectivity index is 0.00000200. The summed E-state index contributed by atoms with van der Waals surface area (Å²) in [5, 5.41) is 6.39. The Morgan fingerprint density at radius 2 is 1.75 bits per heavy atom. The lowest BCUT2D eigenvalue weighted by Gasteiger charge is -2.22. The monoisotopic (exact) mass is 296 g/mol. The lowest BCUT2D eigenvalue weighted by atomic mass is 9.96. The molecule has 2 N–H and O–H groups in total. The second kappa shape index (κ2) is 7.65. The molecule has 4 heteroatoms. The van der Waals surface area contributed by atoms with Crippen molar-refractivity contribution in [2.24, 2.45) is 5.92 Å². The SMILES string of the molecule is Cc1cc(C)c(CNC(=O)C2CCNCC2)c(C)c1.Cl. The van der Waals surface area contributed by atoms with Gasteiger partial charge < -0.3 is 10.6 Å². The van der Waals surface area contributed by atoms with E-state index >= 15 is 0 Å². The van der Waals surface area contributed by atoms with Crippen molar-refractivity contribution in [3.8, 4) is 0 Å². The highest BCUT2D eigenvalue weighted by atomic mass is 35.5. The maximum atomic E-state index is 12.1. The summed E-state index contributed by atoms with van der Waals surface area (Å²) in [6.07, 6.45) is 1.91. The summed E-state index contributed by atoms with van der Waals surface area (Å²) >= 11 is 0. The van der Waals surface area contributed by atoms with E-state index in [2.05, 4.69) is 43.5 Å². The number of carbonyl (C=O) groups is 1. The van der Waals surface area contributed by atoms with Crippen LogP contribution in [0.2, 0.25) is 0 Å². The predicted octanol–water partition coefficient (Wildman–Crippen LogP) is 2.65. The molecule has 1 aromatic rings. The molecule has 0 unspecified atom stereocenters. The minimum absolute atomic E-state index is 0. The van der Waals surface area contributed by atoms with Gasteiger partial charge in [0.15, 0.2) is 0 Å². The van der Waals surface area contributed by atoms with Crippen LogP contribution >= 0.6 is 12.4 Å². The molecular weight excluding hydrogens is 272 g/mol. The van der Waals surface area contributed by atoms with Crippen molar-refractivity contribution in [1.82, 2.24) is 10.6 Å². The number of rotatable bonds is 3. The number of nitrogens with one attached hydrogen (secondary N) is 2. The zero-order valence-corrected chi connectivity index (χ0v) is 13.4. The summed E-state index contributed by atoms with van der Waals surface area (Å²) in [5.41, 5.74) is 5.07. The number of hydrogen-bond acceptors (Lipinski definition) is 2. The zero-order chi connectivity index (χ0) is 13.8. The Morgan fingerprint density at radius 1 is 1.20 bits per heavy atom. The van der Waals surface area contributed by atoms with Gasteiger partial charge in [-0.1, -0.05) is 17.7 Å². The van der Waals surface area contributed by atoms with Crippen LogP contribution in [0, 0.1) is 26.7 Å². The van der Waals surface area contributed by atoms with Crippen molar-refractivity contribution in [3.05, 3.63) is 34.4 Å². The van der Waals surface area contributed by atoms with Gasteiger partial charge in [0.05, 0.1) is 0 Å². The summed E-state index contributed by atoms with van der Waals surface area (Å²) < 4.78 is 0. The third-order valence-electron chi connectivity index (χ3n) is 3.99. The first-order valence-electron chi connectivity index (χ1n) is 7.13. The van der Waals surface area contributed by atoms with Gasteiger partial charge in [-0.2, -0.15) is 0 Å². The Morgan fingerprint density at radius 3 is 2.30 bits per heavy atom. The van der Waals surface area contributed by atoms with E-state index in [9.17, 15) is 4.79 Å². The third kappa shape index (κ3) is 4.22. The highest BCUT2D eigenvalue weighted by Crippen LogP contribution is 2.17. The first-order valence-corrected chi connectivity index (χ1v) is 7.13. The average molecular weight is 297 g/mol. The van der Waals surface area contributed by atoms with Crippen molar-refractivity contribution in [2.45, 2.75) is 40.2 Å². The van der Waals surface area contributed by atoms with E-state index in [1.807, 2.05) is 0 Å². The second-order valence-electron chi connectivity index (χ2n) is 5.62. The van der Waals surface area contributed by atoms with Crippen LogP contribution < -0.4 is 10.6 Å². The third-order valence-corrected chi connectivity index (χ3v) is 3.99. The fourth-order valence-electron chi connectivity index (χ4n) is 2.89. The molecule has 1 fully saturated rings. The van der Waals surface area contributed by atoms with E-state index in [-0.39, 0.29) is 24.2 Å². The topological polar surface area (TPSA) is 41.1 Å². The summed E-state index contributed by atoms with van der Waals surface area (Å²) in [7, 11) is 0. The van der Waals surface area contributed by atoms with Crippen molar-refractivity contribution in [2.75, 3.05) is 13.1 Å². The Hall–Kier alpha value is -1.06. The Kier molecular flexibility index (Phi) is 6.50. The van der Waals surface area contributed by atoms with Crippen LogP contribution in [0.25, 0.3) is 0 Å². The maximum absolute atomic E-state index is 12.1. The molecule has 1 aromatic carbocycles. The van der Waals surface area contributed by atoms with Gasteiger partial charge in [-0.25, -0.2) is 0 Å². The molecule has 0 aromatic heterocycles. The summed E-state index contributed by atoms with van der Waals surface area (Å²) in [6, 6.07) is 4.36. The number of benzene rings is 1. The van der Waals surface area contributed by atoms with Crippen LogP contribution in [-0.4, -0.2) is 19.0 Å². The van der Waals surface area contributed by atoms with E-state index in [4.69, 9.17) is 0 Å². The second-order valence-corrected chi connectivity index (χ2v) is 5.62. The molecule has 112 valence electrons. The van der Waals surface area contributed by atoms with E-state index in [0.29, 0.717) is 6.54 Å². The van der Waals surface area contributed by atoms with Gasteiger partial charge in [0.25, 0.3) is 0 Å². The first kappa shape index (κ1) is 17.0. The Labute approximate surface area is 127 Å². The molecule has 0 atom stereocenters. The Bertz CT molecular complexity index is 445. The van der Waals surface area contributed by atoms with Gasteiger partial charge in [0.2, 0.25) is 5.91 Å². The van der Waals surface area contributed by atoms with E-state index in [1.54, 1.807) is 0 Å². The molecule has 0 bridgehead atoms.